The largest absolute Gasteiger partial charge is 0.497 e. The quantitative estimate of drug-likeness (QED) is 0.793. The van der Waals surface area contributed by atoms with Crippen LogP contribution in [0.3, 0.4) is 0 Å². The molecule has 1 aromatic heterocycles. The van der Waals surface area contributed by atoms with Crippen LogP contribution in [0, 0.1) is 5.82 Å². The van der Waals surface area contributed by atoms with Gasteiger partial charge in [-0.05, 0) is 24.3 Å². The molecular weight excluding hydrogens is 219 g/mol. The molecule has 2 nitrogen and oxygen atoms in total. The van der Waals surface area contributed by atoms with Crippen LogP contribution in [0.1, 0.15) is 25.5 Å². The molecule has 0 radical (unpaired) electrons. The number of ether oxygens (including phenoxy) is 1. The zero-order valence-electron chi connectivity index (χ0n) is 10.2. The molecule has 0 aliphatic rings. The summed E-state index contributed by atoms with van der Waals surface area (Å²) in [5.41, 5.74) is 0.689. The van der Waals surface area contributed by atoms with Crippen molar-refractivity contribution in [2.75, 3.05) is 7.11 Å². The summed E-state index contributed by atoms with van der Waals surface area (Å²) in [4.78, 5) is 0. The standard InChI is InChI=1S/C14H15FO2/c1-9(2)13-4-5-14(17-13)10-6-11(15)8-12(7-10)16-3/h4-9H,1-3H3. The van der Waals surface area contributed by atoms with Gasteiger partial charge in [0.1, 0.15) is 23.1 Å². The van der Waals surface area contributed by atoms with E-state index in [0.29, 0.717) is 23.0 Å². The second kappa shape index (κ2) is 4.62. The van der Waals surface area contributed by atoms with Gasteiger partial charge in [-0.1, -0.05) is 13.8 Å². The predicted molar refractivity (Wildman–Crippen MR) is 64.7 cm³/mol. The highest BCUT2D eigenvalue weighted by molar-refractivity contribution is 5.60. The normalized spacial score (nSPS) is 10.9. The topological polar surface area (TPSA) is 22.4 Å². The Balaban J connectivity index is 2.41. The van der Waals surface area contributed by atoms with Gasteiger partial charge in [0.2, 0.25) is 0 Å². The molecule has 0 saturated carbocycles. The van der Waals surface area contributed by atoms with Crippen molar-refractivity contribution in [1.29, 1.82) is 0 Å². The number of furan rings is 1. The molecule has 0 unspecified atom stereocenters. The molecule has 3 heteroatoms. The van der Waals surface area contributed by atoms with Crippen LogP contribution in [-0.2, 0) is 0 Å². The summed E-state index contributed by atoms with van der Waals surface area (Å²) in [5, 5.41) is 0. The highest BCUT2D eigenvalue weighted by Crippen LogP contribution is 2.29. The van der Waals surface area contributed by atoms with Gasteiger partial charge in [-0.15, -0.1) is 0 Å². The minimum atomic E-state index is -0.332. The summed E-state index contributed by atoms with van der Waals surface area (Å²) >= 11 is 0. The van der Waals surface area contributed by atoms with Crippen LogP contribution in [0.15, 0.2) is 34.7 Å². The monoisotopic (exact) mass is 234 g/mol. The average molecular weight is 234 g/mol. The van der Waals surface area contributed by atoms with Crippen LogP contribution < -0.4 is 4.74 Å². The van der Waals surface area contributed by atoms with Crippen molar-refractivity contribution in [1.82, 2.24) is 0 Å². The third-order valence-electron chi connectivity index (χ3n) is 2.59. The second-order valence-corrected chi connectivity index (χ2v) is 4.24. The van der Waals surface area contributed by atoms with Gasteiger partial charge in [-0.3, -0.25) is 0 Å². The van der Waals surface area contributed by atoms with Gasteiger partial charge in [0.15, 0.2) is 0 Å². The van der Waals surface area contributed by atoms with Crippen LogP contribution in [0.25, 0.3) is 11.3 Å². The summed E-state index contributed by atoms with van der Waals surface area (Å²) < 4.78 is 24.0. The van der Waals surface area contributed by atoms with Crippen LogP contribution in [0.5, 0.6) is 5.75 Å². The number of benzene rings is 1. The highest BCUT2D eigenvalue weighted by atomic mass is 19.1. The lowest BCUT2D eigenvalue weighted by atomic mass is 10.1. The minimum absolute atomic E-state index is 0.319. The molecule has 90 valence electrons. The number of hydrogen-bond donors (Lipinski definition) is 0. The van der Waals surface area contributed by atoms with Crippen molar-refractivity contribution in [2.45, 2.75) is 19.8 Å². The van der Waals surface area contributed by atoms with Crippen molar-refractivity contribution >= 4 is 0 Å². The minimum Gasteiger partial charge on any atom is -0.497 e. The number of rotatable bonds is 3. The van der Waals surface area contributed by atoms with E-state index < -0.39 is 0 Å². The van der Waals surface area contributed by atoms with Gasteiger partial charge >= 0.3 is 0 Å². The maximum absolute atomic E-state index is 13.3. The SMILES string of the molecule is COc1cc(F)cc(-c2ccc(C(C)C)o2)c1. The Morgan fingerprint density at radius 2 is 1.94 bits per heavy atom. The Labute approximate surface area is 100 Å². The Morgan fingerprint density at radius 1 is 1.18 bits per heavy atom. The number of methoxy groups -OCH3 is 1. The van der Waals surface area contributed by atoms with Gasteiger partial charge in [0, 0.05) is 17.5 Å². The Hall–Kier alpha value is -1.77. The van der Waals surface area contributed by atoms with E-state index in [0.717, 1.165) is 5.76 Å². The fourth-order valence-corrected chi connectivity index (χ4v) is 1.64. The second-order valence-electron chi connectivity index (χ2n) is 4.24. The number of halogens is 1. The predicted octanol–water partition coefficient (Wildman–Crippen LogP) is 4.22. The summed E-state index contributed by atoms with van der Waals surface area (Å²) in [6, 6.07) is 8.30. The fourth-order valence-electron chi connectivity index (χ4n) is 1.64. The summed E-state index contributed by atoms with van der Waals surface area (Å²) in [6.45, 7) is 4.10. The van der Waals surface area contributed by atoms with E-state index in [2.05, 4.69) is 13.8 Å². The molecule has 0 amide bonds. The molecule has 0 spiro atoms. The first-order chi connectivity index (χ1) is 8.10. The molecule has 0 saturated heterocycles. The van der Waals surface area contributed by atoms with E-state index in [1.54, 1.807) is 6.07 Å². The van der Waals surface area contributed by atoms with E-state index in [1.165, 1.54) is 19.2 Å². The first kappa shape index (κ1) is 11.7. The smallest absolute Gasteiger partial charge is 0.134 e. The lowest BCUT2D eigenvalue weighted by molar-refractivity contribution is 0.411. The fraction of sp³-hybridized carbons (Fsp3) is 0.286. The Bertz CT molecular complexity index is 515. The van der Waals surface area contributed by atoms with Crippen molar-refractivity contribution in [3.8, 4) is 17.1 Å². The molecule has 0 N–H and O–H groups in total. The molecule has 0 atom stereocenters. The third kappa shape index (κ3) is 2.49. The van der Waals surface area contributed by atoms with Crippen LogP contribution >= 0.6 is 0 Å². The molecular formula is C14H15FO2. The van der Waals surface area contributed by atoms with Crippen molar-refractivity contribution in [2.24, 2.45) is 0 Å². The van der Waals surface area contributed by atoms with E-state index in [9.17, 15) is 4.39 Å². The molecule has 2 aromatic rings. The first-order valence-electron chi connectivity index (χ1n) is 5.55. The highest BCUT2D eigenvalue weighted by Gasteiger charge is 2.09. The van der Waals surface area contributed by atoms with Crippen molar-refractivity contribution < 1.29 is 13.5 Å². The van der Waals surface area contributed by atoms with Crippen LogP contribution in [0.2, 0.25) is 0 Å². The third-order valence-corrected chi connectivity index (χ3v) is 2.59. The molecule has 0 aliphatic heterocycles. The lowest BCUT2D eigenvalue weighted by Gasteiger charge is -2.03. The Morgan fingerprint density at radius 3 is 2.53 bits per heavy atom. The van der Waals surface area contributed by atoms with E-state index in [-0.39, 0.29) is 5.82 Å². The van der Waals surface area contributed by atoms with Gasteiger partial charge in [-0.25, -0.2) is 4.39 Å². The maximum atomic E-state index is 13.3. The lowest BCUT2D eigenvalue weighted by Crippen LogP contribution is -1.86. The van der Waals surface area contributed by atoms with Gasteiger partial charge in [0.25, 0.3) is 0 Å². The molecule has 1 heterocycles. The van der Waals surface area contributed by atoms with Gasteiger partial charge < -0.3 is 9.15 Å². The Kier molecular flexibility index (Phi) is 3.18. The summed E-state index contributed by atoms with van der Waals surface area (Å²) in [7, 11) is 1.51. The zero-order chi connectivity index (χ0) is 12.4. The molecule has 2 rings (SSSR count). The summed E-state index contributed by atoms with van der Waals surface area (Å²) in [5.74, 6) is 2.03. The average Bonchev–Trinajstić information content (AvgIpc) is 2.77. The summed E-state index contributed by atoms with van der Waals surface area (Å²) in [6.07, 6.45) is 0. The van der Waals surface area contributed by atoms with Gasteiger partial charge in [-0.2, -0.15) is 0 Å². The molecule has 0 fully saturated rings. The molecule has 0 aliphatic carbocycles. The van der Waals surface area contributed by atoms with Crippen molar-refractivity contribution in [3.05, 3.63) is 41.9 Å². The van der Waals surface area contributed by atoms with Crippen LogP contribution in [-0.4, -0.2) is 7.11 Å². The van der Waals surface area contributed by atoms with Crippen LogP contribution in [0.4, 0.5) is 4.39 Å². The maximum Gasteiger partial charge on any atom is 0.134 e. The van der Waals surface area contributed by atoms with E-state index in [4.69, 9.17) is 9.15 Å². The van der Waals surface area contributed by atoms with Gasteiger partial charge in [0.05, 0.1) is 7.11 Å². The van der Waals surface area contributed by atoms with Crippen molar-refractivity contribution in [3.63, 3.8) is 0 Å². The van der Waals surface area contributed by atoms with E-state index in [1.807, 2.05) is 12.1 Å². The first-order valence-corrected chi connectivity index (χ1v) is 5.55. The zero-order valence-corrected chi connectivity index (χ0v) is 10.2. The number of hydrogen-bond acceptors (Lipinski definition) is 2. The molecule has 17 heavy (non-hydrogen) atoms. The molecule has 0 bridgehead atoms. The molecule has 1 aromatic carbocycles. The van der Waals surface area contributed by atoms with E-state index >= 15 is 0 Å².